The maximum Gasteiger partial charge on any atom is 0.191 e. The third kappa shape index (κ3) is 6.00. The molecule has 0 aromatic carbocycles. The normalized spacial score (nSPS) is 20.5. The van der Waals surface area contributed by atoms with Crippen molar-refractivity contribution in [3.63, 3.8) is 0 Å². The zero-order valence-electron chi connectivity index (χ0n) is 16.8. The second kappa shape index (κ2) is 10.9. The van der Waals surface area contributed by atoms with Crippen LogP contribution in [0.15, 0.2) is 15.6 Å². The van der Waals surface area contributed by atoms with Gasteiger partial charge in [0.05, 0.1) is 12.2 Å². The predicted octanol–water partition coefficient (Wildman–Crippen LogP) is 3.44. The summed E-state index contributed by atoms with van der Waals surface area (Å²) >= 11 is 2.08. The van der Waals surface area contributed by atoms with Gasteiger partial charge in [-0.1, -0.05) is 31.8 Å². The fraction of sp³-hybridized carbons (Fsp3) is 0.789. The van der Waals surface area contributed by atoms with E-state index >= 15 is 0 Å². The highest BCUT2D eigenvalue weighted by molar-refractivity contribution is 14.0. The molecule has 0 spiro atoms. The van der Waals surface area contributed by atoms with Gasteiger partial charge in [-0.3, -0.25) is 9.89 Å². The zero-order chi connectivity index (χ0) is 18.4. The minimum absolute atomic E-state index is 0. The second-order valence-electron chi connectivity index (χ2n) is 7.68. The summed E-state index contributed by atoms with van der Waals surface area (Å²) in [6.07, 6.45) is 5.27. The molecule has 27 heavy (non-hydrogen) atoms. The van der Waals surface area contributed by atoms with Crippen molar-refractivity contribution < 1.29 is 4.52 Å². The Morgan fingerprint density at radius 3 is 2.59 bits per heavy atom. The number of nitrogens with zero attached hydrogens (tertiary/aromatic N) is 3. The molecule has 2 aliphatic rings. The summed E-state index contributed by atoms with van der Waals surface area (Å²) in [5.74, 6) is 4.59. The molecule has 3 rings (SSSR count). The lowest BCUT2D eigenvalue weighted by Gasteiger charge is -2.43. The molecule has 0 amide bonds. The summed E-state index contributed by atoms with van der Waals surface area (Å²) in [7, 11) is 1.83. The lowest BCUT2D eigenvalue weighted by Crippen LogP contribution is -2.57. The lowest BCUT2D eigenvalue weighted by atomic mass is 9.94. The van der Waals surface area contributed by atoms with Crippen molar-refractivity contribution in [2.75, 3.05) is 38.2 Å². The lowest BCUT2D eigenvalue weighted by molar-refractivity contribution is 0.107. The van der Waals surface area contributed by atoms with E-state index in [0.717, 1.165) is 24.0 Å². The standard InChI is InChI=1S/C19H33N5OS.HI/c1-15(2)17-12-16(25-23-17)13-21-18(20-3)22-14-19(6-4-5-7-19)24-8-10-26-11-9-24;/h12,15H,4-11,13-14H2,1-3H3,(H2,20,21,22);1H. The van der Waals surface area contributed by atoms with Crippen molar-refractivity contribution in [1.82, 2.24) is 20.7 Å². The van der Waals surface area contributed by atoms with Crippen LogP contribution in [-0.4, -0.2) is 59.7 Å². The number of aliphatic imine (C=N–C) groups is 1. The number of halogens is 1. The summed E-state index contributed by atoms with van der Waals surface area (Å²) < 4.78 is 5.41. The Morgan fingerprint density at radius 2 is 2.00 bits per heavy atom. The molecular weight excluding hydrogens is 473 g/mol. The summed E-state index contributed by atoms with van der Waals surface area (Å²) in [6, 6.07) is 2.02. The van der Waals surface area contributed by atoms with Gasteiger partial charge in [-0.15, -0.1) is 24.0 Å². The van der Waals surface area contributed by atoms with Gasteiger partial charge < -0.3 is 15.2 Å². The van der Waals surface area contributed by atoms with E-state index in [2.05, 4.69) is 51.3 Å². The van der Waals surface area contributed by atoms with Crippen molar-refractivity contribution in [3.05, 3.63) is 17.5 Å². The summed E-state index contributed by atoms with van der Waals surface area (Å²) in [6.45, 7) is 8.24. The molecule has 2 N–H and O–H groups in total. The van der Waals surface area contributed by atoms with E-state index in [1.165, 1.54) is 50.3 Å². The van der Waals surface area contributed by atoms with Crippen molar-refractivity contribution in [2.45, 2.75) is 57.5 Å². The Hall–Kier alpha value is -0.480. The third-order valence-electron chi connectivity index (χ3n) is 5.62. The van der Waals surface area contributed by atoms with E-state index in [4.69, 9.17) is 4.52 Å². The topological polar surface area (TPSA) is 65.7 Å². The Labute approximate surface area is 184 Å². The molecule has 2 fully saturated rings. The van der Waals surface area contributed by atoms with Crippen LogP contribution in [-0.2, 0) is 6.54 Å². The van der Waals surface area contributed by atoms with Gasteiger partial charge in [0.25, 0.3) is 0 Å². The minimum atomic E-state index is 0. The van der Waals surface area contributed by atoms with Crippen LogP contribution >= 0.6 is 35.7 Å². The first-order valence-electron chi connectivity index (χ1n) is 9.86. The number of hydrogen-bond acceptors (Lipinski definition) is 5. The van der Waals surface area contributed by atoms with Gasteiger partial charge in [-0.05, 0) is 18.8 Å². The first-order valence-corrected chi connectivity index (χ1v) is 11.0. The maximum atomic E-state index is 5.41. The van der Waals surface area contributed by atoms with Crippen LogP contribution in [0.25, 0.3) is 0 Å². The summed E-state index contributed by atoms with van der Waals surface area (Å²) in [5, 5.41) is 11.1. The third-order valence-corrected chi connectivity index (χ3v) is 6.57. The van der Waals surface area contributed by atoms with Crippen molar-refractivity contribution in [1.29, 1.82) is 0 Å². The molecule has 0 atom stereocenters. The summed E-state index contributed by atoms with van der Waals surface area (Å²) in [5.41, 5.74) is 1.30. The molecule has 0 bridgehead atoms. The Morgan fingerprint density at radius 1 is 1.30 bits per heavy atom. The van der Waals surface area contributed by atoms with Gasteiger partial charge in [0, 0.05) is 49.8 Å². The number of hydrogen-bond donors (Lipinski definition) is 2. The van der Waals surface area contributed by atoms with E-state index in [0.29, 0.717) is 18.0 Å². The molecule has 1 aliphatic heterocycles. The average Bonchev–Trinajstić information content (AvgIpc) is 3.33. The molecule has 2 heterocycles. The van der Waals surface area contributed by atoms with Crippen molar-refractivity contribution in [3.8, 4) is 0 Å². The number of rotatable bonds is 6. The monoisotopic (exact) mass is 507 g/mol. The molecule has 1 aliphatic carbocycles. The van der Waals surface area contributed by atoms with Crippen LogP contribution in [0.3, 0.4) is 0 Å². The Bertz CT molecular complexity index is 595. The Balaban J connectivity index is 0.00000261. The first kappa shape index (κ1) is 22.8. The fourth-order valence-electron chi connectivity index (χ4n) is 4.00. The molecule has 0 radical (unpaired) electrons. The van der Waals surface area contributed by atoms with Gasteiger partial charge >= 0.3 is 0 Å². The predicted molar refractivity (Wildman–Crippen MR) is 124 cm³/mol. The number of nitrogens with one attached hydrogen (secondary N) is 2. The highest BCUT2D eigenvalue weighted by Crippen LogP contribution is 2.36. The molecule has 1 saturated carbocycles. The molecule has 1 saturated heterocycles. The zero-order valence-corrected chi connectivity index (χ0v) is 19.9. The number of thioether (sulfide) groups is 1. The Kier molecular flexibility index (Phi) is 9.21. The number of aromatic nitrogens is 1. The van der Waals surface area contributed by atoms with E-state index in [9.17, 15) is 0 Å². The van der Waals surface area contributed by atoms with Crippen LogP contribution in [0.2, 0.25) is 0 Å². The van der Waals surface area contributed by atoms with E-state index in [1.807, 2.05) is 13.1 Å². The van der Waals surface area contributed by atoms with Gasteiger partial charge in [0.15, 0.2) is 11.7 Å². The van der Waals surface area contributed by atoms with Gasteiger partial charge in [-0.25, -0.2) is 0 Å². The maximum absolute atomic E-state index is 5.41. The second-order valence-corrected chi connectivity index (χ2v) is 8.91. The highest BCUT2D eigenvalue weighted by atomic mass is 127. The SMILES string of the molecule is CN=C(NCc1cc(C(C)C)no1)NCC1(N2CCSCC2)CCCC1.I. The van der Waals surface area contributed by atoms with Crippen LogP contribution < -0.4 is 10.6 Å². The average molecular weight is 507 g/mol. The van der Waals surface area contributed by atoms with Crippen molar-refractivity contribution in [2.24, 2.45) is 4.99 Å². The molecule has 6 nitrogen and oxygen atoms in total. The largest absolute Gasteiger partial charge is 0.359 e. The molecule has 1 aromatic heterocycles. The van der Waals surface area contributed by atoms with Gasteiger partial charge in [0.2, 0.25) is 0 Å². The number of guanidine groups is 1. The fourth-order valence-corrected chi connectivity index (χ4v) is 4.90. The van der Waals surface area contributed by atoms with Crippen molar-refractivity contribution >= 4 is 41.7 Å². The first-order chi connectivity index (χ1) is 12.6. The molecular formula is C19H34IN5OS. The summed E-state index contributed by atoms with van der Waals surface area (Å²) in [4.78, 5) is 7.12. The molecule has 8 heteroatoms. The molecule has 1 aromatic rings. The minimum Gasteiger partial charge on any atom is -0.359 e. The van der Waals surface area contributed by atoms with E-state index in [-0.39, 0.29) is 24.0 Å². The van der Waals surface area contributed by atoms with E-state index in [1.54, 1.807) is 0 Å². The molecule has 0 unspecified atom stereocenters. The van der Waals surface area contributed by atoms with Crippen LogP contribution in [0, 0.1) is 0 Å². The van der Waals surface area contributed by atoms with Crippen LogP contribution in [0.5, 0.6) is 0 Å². The van der Waals surface area contributed by atoms with Gasteiger partial charge in [0.1, 0.15) is 0 Å². The highest BCUT2D eigenvalue weighted by Gasteiger charge is 2.39. The van der Waals surface area contributed by atoms with Crippen LogP contribution in [0.1, 0.15) is 56.9 Å². The molecule has 154 valence electrons. The quantitative estimate of drug-likeness (QED) is 0.350. The van der Waals surface area contributed by atoms with E-state index < -0.39 is 0 Å². The van der Waals surface area contributed by atoms with Crippen LogP contribution in [0.4, 0.5) is 0 Å². The smallest absolute Gasteiger partial charge is 0.191 e. The van der Waals surface area contributed by atoms with Gasteiger partial charge in [-0.2, -0.15) is 11.8 Å².